The normalized spacial score (nSPS) is 19.9. The molecule has 0 aliphatic carbocycles. The van der Waals surface area contributed by atoms with Gasteiger partial charge in [-0.3, -0.25) is 9.78 Å². The van der Waals surface area contributed by atoms with Gasteiger partial charge in [0.1, 0.15) is 0 Å². The lowest BCUT2D eigenvalue weighted by atomic mass is 10.1. The number of carbonyl (C=O) groups excluding carboxylic acids is 1. The third-order valence-electron chi connectivity index (χ3n) is 3.05. The zero-order chi connectivity index (χ0) is 11.9. The second-order valence-corrected chi connectivity index (χ2v) is 4.49. The predicted molar refractivity (Wildman–Crippen MR) is 66.6 cm³/mol. The molecule has 1 atom stereocenters. The number of hydrogen-bond donors (Lipinski definition) is 2. The summed E-state index contributed by atoms with van der Waals surface area (Å²) < 4.78 is 0. The van der Waals surface area contributed by atoms with E-state index in [9.17, 15) is 4.79 Å². The molecular formula is C13H19N3O. The van der Waals surface area contributed by atoms with Crippen LogP contribution in [0.5, 0.6) is 0 Å². The maximum absolute atomic E-state index is 11.7. The summed E-state index contributed by atoms with van der Waals surface area (Å²) in [4.78, 5) is 15.7. The van der Waals surface area contributed by atoms with Crippen LogP contribution in [0.25, 0.3) is 0 Å². The molecule has 0 radical (unpaired) electrons. The van der Waals surface area contributed by atoms with E-state index in [0.29, 0.717) is 12.5 Å². The van der Waals surface area contributed by atoms with E-state index < -0.39 is 0 Å². The van der Waals surface area contributed by atoms with E-state index in [4.69, 9.17) is 0 Å². The highest BCUT2D eigenvalue weighted by atomic mass is 16.1. The van der Waals surface area contributed by atoms with Crippen molar-refractivity contribution in [2.75, 3.05) is 13.1 Å². The molecule has 2 N–H and O–H groups in total. The van der Waals surface area contributed by atoms with Crippen molar-refractivity contribution in [2.45, 2.75) is 31.7 Å². The summed E-state index contributed by atoms with van der Waals surface area (Å²) in [5, 5.41) is 6.38. The summed E-state index contributed by atoms with van der Waals surface area (Å²) in [5.41, 5.74) is 0.960. The Kier molecular flexibility index (Phi) is 4.50. The second-order valence-electron chi connectivity index (χ2n) is 4.49. The van der Waals surface area contributed by atoms with Crippen molar-refractivity contribution in [2.24, 2.45) is 0 Å². The third-order valence-corrected chi connectivity index (χ3v) is 3.05. The van der Waals surface area contributed by atoms with Gasteiger partial charge in [0.25, 0.3) is 0 Å². The molecule has 1 aromatic rings. The molecule has 0 saturated carbocycles. The highest BCUT2D eigenvalue weighted by Crippen LogP contribution is 2.05. The quantitative estimate of drug-likeness (QED) is 0.812. The Morgan fingerprint density at radius 1 is 1.53 bits per heavy atom. The SMILES string of the molecule is O=C(Cc1cccnc1)NCC1CCCCN1. The zero-order valence-corrected chi connectivity index (χ0v) is 9.98. The van der Waals surface area contributed by atoms with Crippen LogP contribution in [0, 0.1) is 0 Å². The van der Waals surface area contributed by atoms with E-state index in [0.717, 1.165) is 25.1 Å². The molecule has 1 unspecified atom stereocenters. The highest BCUT2D eigenvalue weighted by molar-refractivity contribution is 5.78. The van der Waals surface area contributed by atoms with Gasteiger partial charge in [0, 0.05) is 25.0 Å². The van der Waals surface area contributed by atoms with Crippen molar-refractivity contribution in [3.05, 3.63) is 30.1 Å². The van der Waals surface area contributed by atoms with E-state index in [1.54, 1.807) is 12.4 Å². The first-order chi connectivity index (χ1) is 8.34. The van der Waals surface area contributed by atoms with Crippen molar-refractivity contribution >= 4 is 5.91 Å². The minimum absolute atomic E-state index is 0.0744. The summed E-state index contributed by atoms with van der Waals surface area (Å²) >= 11 is 0. The zero-order valence-electron chi connectivity index (χ0n) is 9.98. The number of aromatic nitrogens is 1. The Bertz CT molecular complexity index is 347. The largest absolute Gasteiger partial charge is 0.354 e. The molecule has 1 aromatic heterocycles. The molecule has 0 bridgehead atoms. The number of nitrogens with one attached hydrogen (secondary N) is 2. The molecule has 1 fully saturated rings. The molecule has 17 heavy (non-hydrogen) atoms. The topological polar surface area (TPSA) is 54.0 Å². The fourth-order valence-corrected chi connectivity index (χ4v) is 2.09. The van der Waals surface area contributed by atoms with Gasteiger partial charge in [0.2, 0.25) is 5.91 Å². The van der Waals surface area contributed by atoms with Gasteiger partial charge in [-0.15, -0.1) is 0 Å². The molecule has 1 aliphatic rings. The number of hydrogen-bond acceptors (Lipinski definition) is 3. The van der Waals surface area contributed by atoms with Gasteiger partial charge in [-0.25, -0.2) is 0 Å². The maximum atomic E-state index is 11.7. The van der Waals surface area contributed by atoms with Crippen LogP contribution in [0.1, 0.15) is 24.8 Å². The molecule has 4 heteroatoms. The van der Waals surface area contributed by atoms with Crippen LogP contribution >= 0.6 is 0 Å². The maximum Gasteiger partial charge on any atom is 0.224 e. The monoisotopic (exact) mass is 233 g/mol. The predicted octanol–water partition coefficient (Wildman–Crippen LogP) is 0.882. The molecule has 0 spiro atoms. The average Bonchev–Trinajstić information content (AvgIpc) is 2.39. The number of piperidine rings is 1. The number of nitrogens with zero attached hydrogens (tertiary/aromatic N) is 1. The van der Waals surface area contributed by atoms with Crippen LogP contribution in [0.4, 0.5) is 0 Å². The average molecular weight is 233 g/mol. The van der Waals surface area contributed by atoms with Crippen LogP contribution in [0.2, 0.25) is 0 Å². The van der Waals surface area contributed by atoms with Gasteiger partial charge in [-0.2, -0.15) is 0 Å². The van der Waals surface area contributed by atoms with Crippen LogP contribution < -0.4 is 10.6 Å². The van der Waals surface area contributed by atoms with E-state index in [-0.39, 0.29) is 5.91 Å². The van der Waals surface area contributed by atoms with Gasteiger partial charge in [0.05, 0.1) is 6.42 Å². The Hall–Kier alpha value is -1.42. The van der Waals surface area contributed by atoms with Gasteiger partial charge in [-0.1, -0.05) is 12.5 Å². The van der Waals surface area contributed by atoms with Gasteiger partial charge in [-0.05, 0) is 31.0 Å². The highest BCUT2D eigenvalue weighted by Gasteiger charge is 2.13. The lowest BCUT2D eigenvalue weighted by molar-refractivity contribution is -0.120. The first-order valence-electron chi connectivity index (χ1n) is 6.23. The van der Waals surface area contributed by atoms with E-state index in [1.807, 2.05) is 12.1 Å². The molecule has 92 valence electrons. The lowest BCUT2D eigenvalue weighted by Crippen LogP contribution is -2.43. The summed E-state index contributed by atoms with van der Waals surface area (Å²) in [5.74, 6) is 0.0744. The number of amides is 1. The van der Waals surface area contributed by atoms with Gasteiger partial charge < -0.3 is 10.6 Å². The van der Waals surface area contributed by atoms with Crippen molar-refractivity contribution in [1.82, 2.24) is 15.6 Å². The standard InChI is InChI=1S/C13H19N3O/c17-13(8-11-4-3-6-14-9-11)16-10-12-5-1-2-7-15-12/h3-4,6,9,12,15H,1-2,5,7-8,10H2,(H,16,17). The summed E-state index contributed by atoms with van der Waals surface area (Å²) in [6, 6.07) is 4.22. The Morgan fingerprint density at radius 3 is 3.18 bits per heavy atom. The Labute approximate surface area is 102 Å². The van der Waals surface area contributed by atoms with Gasteiger partial charge in [0.15, 0.2) is 0 Å². The van der Waals surface area contributed by atoms with Crippen molar-refractivity contribution < 1.29 is 4.79 Å². The van der Waals surface area contributed by atoms with E-state index in [2.05, 4.69) is 15.6 Å². The van der Waals surface area contributed by atoms with E-state index in [1.165, 1.54) is 12.8 Å². The molecular weight excluding hydrogens is 214 g/mol. The first kappa shape index (κ1) is 12.0. The minimum Gasteiger partial charge on any atom is -0.354 e. The number of pyridine rings is 1. The van der Waals surface area contributed by atoms with Gasteiger partial charge >= 0.3 is 0 Å². The van der Waals surface area contributed by atoms with Crippen LogP contribution in [0.15, 0.2) is 24.5 Å². The number of rotatable bonds is 4. The molecule has 4 nitrogen and oxygen atoms in total. The fourth-order valence-electron chi connectivity index (χ4n) is 2.09. The Balaban J connectivity index is 1.70. The lowest BCUT2D eigenvalue weighted by Gasteiger charge is -2.23. The second kappa shape index (κ2) is 6.35. The minimum atomic E-state index is 0.0744. The molecule has 1 saturated heterocycles. The molecule has 1 aliphatic heterocycles. The molecule has 2 heterocycles. The fraction of sp³-hybridized carbons (Fsp3) is 0.538. The Morgan fingerprint density at radius 2 is 2.47 bits per heavy atom. The molecule has 1 amide bonds. The van der Waals surface area contributed by atoms with Crippen molar-refractivity contribution in [3.63, 3.8) is 0 Å². The van der Waals surface area contributed by atoms with Crippen LogP contribution in [-0.4, -0.2) is 30.0 Å². The van der Waals surface area contributed by atoms with Crippen molar-refractivity contribution in [1.29, 1.82) is 0 Å². The van der Waals surface area contributed by atoms with Crippen molar-refractivity contribution in [3.8, 4) is 0 Å². The van der Waals surface area contributed by atoms with Crippen LogP contribution in [0.3, 0.4) is 0 Å². The van der Waals surface area contributed by atoms with E-state index >= 15 is 0 Å². The number of carbonyl (C=O) groups is 1. The van der Waals surface area contributed by atoms with Crippen LogP contribution in [-0.2, 0) is 11.2 Å². The first-order valence-corrected chi connectivity index (χ1v) is 6.23. The smallest absolute Gasteiger partial charge is 0.224 e. The summed E-state index contributed by atoms with van der Waals surface area (Å²) in [6.07, 6.45) is 7.54. The summed E-state index contributed by atoms with van der Waals surface area (Å²) in [7, 11) is 0. The molecule has 2 rings (SSSR count). The third kappa shape index (κ3) is 4.15. The molecule has 0 aromatic carbocycles. The summed E-state index contributed by atoms with van der Waals surface area (Å²) in [6.45, 7) is 1.81.